The fourth-order valence-corrected chi connectivity index (χ4v) is 4.00. The van der Waals surface area contributed by atoms with Gasteiger partial charge < -0.3 is 25.6 Å². The van der Waals surface area contributed by atoms with Gasteiger partial charge >= 0.3 is 11.9 Å². The smallest absolute Gasteiger partial charge is 0.337 e. The Hall–Kier alpha value is -5.23. The van der Waals surface area contributed by atoms with Gasteiger partial charge in [-0.15, -0.1) is 0 Å². The number of aromatic hydroxyl groups is 1. The van der Waals surface area contributed by atoms with Crippen molar-refractivity contribution >= 4 is 41.3 Å². The summed E-state index contributed by atoms with van der Waals surface area (Å²) in [6, 6.07) is 12.7. The average Bonchev–Trinajstić information content (AvgIpc) is 2.98. The topological polar surface area (TPSA) is 173 Å². The van der Waals surface area contributed by atoms with Gasteiger partial charge in [0.05, 0.1) is 40.8 Å². The van der Waals surface area contributed by atoms with Crippen LogP contribution >= 0.6 is 11.6 Å². The molecule has 1 amide bonds. The molecule has 41 heavy (non-hydrogen) atoms. The Bertz CT molecular complexity index is 1640. The van der Waals surface area contributed by atoms with Crippen molar-refractivity contribution in [2.24, 2.45) is 0 Å². The molecule has 0 bridgehead atoms. The summed E-state index contributed by atoms with van der Waals surface area (Å²) in [6.45, 7) is 2.06. The molecule has 0 aliphatic rings. The average molecular weight is 580 g/mol. The van der Waals surface area contributed by atoms with E-state index < -0.39 is 17.5 Å². The number of anilines is 2. The SMILES string of the molecule is CCn1nc(-c2cccc(-c3cc(C(=O)O)cc(C(=O)OC)c3)c2)cc(NC=O)c1=O.CNc1c(O)cncc1Cl. The number of aryl methyl sites for hydroxylation is 1. The van der Waals surface area contributed by atoms with Gasteiger partial charge in [-0.25, -0.2) is 14.3 Å². The lowest BCUT2D eigenvalue weighted by molar-refractivity contribution is -0.105. The van der Waals surface area contributed by atoms with Gasteiger partial charge in [0.15, 0.2) is 5.75 Å². The largest absolute Gasteiger partial charge is 0.504 e. The first-order valence-corrected chi connectivity index (χ1v) is 12.4. The molecule has 0 aliphatic carbocycles. The number of nitrogens with zero attached hydrogens (tertiary/aromatic N) is 3. The molecule has 2 heterocycles. The molecule has 0 saturated heterocycles. The number of esters is 1. The van der Waals surface area contributed by atoms with Crippen molar-refractivity contribution in [3.05, 3.63) is 87.4 Å². The number of rotatable bonds is 8. The van der Waals surface area contributed by atoms with Gasteiger partial charge in [-0.05, 0) is 48.4 Å². The lowest BCUT2D eigenvalue weighted by Crippen LogP contribution is -2.25. The molecule has 212 valence electrons. The summed E-state index contributed by atoms with van der Waals surface area (Å²) < 4.78 is 5.95. The summed E-state index contributed by atoms with van der Waals surface area (Å²) in [5.41, 5.74) is 2.43. The minimum Gasteiger partial charge on any atom is -0.504 e. The monoisotopic (exact) mass is 579 g/mol. The van der Waals surface area contributed by atoms with E-state index in [-0.39, 0.29) is 22.6 Å². The highest BCUT2D eigenvalue weighted by Crippen LogP contribution is 2.29. The third-order valence-corrected chi connectivity index (χ3v) is 6.00. The van der Waals surface area contributed by atoms with Crippen LogP contribution in [0.25, 0.3) is 22.4 Å². The van der Waals surface area contributed by atoms with Gasteiger partial charge in [0.1, 0.15) is 5.69 Å². The number of halogens is 1. The van der Waals surface area contributed by atoms with E-state index in [1.165, 1.54) is 48.5 Å². The quantitative estimate of drug-likeness (QED) is 0.175. The number of aromatic carboxylic acids is 1. The zero-order valence-electron chi connectivity index (χ0n) is 22.2. The number of carboxylic acids is 1. The van der Waals surface area contributed by atoms with Gasteiger partial charge in [0.2, 0.25) is 6.41 Å². The Kier molecular flexibility index (Phi) is 10.1. The molecule has 0 atom stereocenters. The number of carboxylic acid groups (broad SMARTS) is 1. The van der Waals surface area contributed by atoms with Gasteiger partial charge in [0, 0.05) is 25.4 Å². The molecule has 0 aliphatic heterocycles. The molecular weight excluding hydrogens is 554 g/mol. The van der Waals surface area contributed by atoms with E-state index in [1.54, 1.807) is 38.2 Å². The van der Waals surface area contributed by atoms with E-state index in [4.69, 9.17) is 21.4 Å². The number of methoxy groups -OCH3 is 1. The van der Waals surface area contributed by atoms with Gasteiger partial charge in [0.25, 0.3) is 5.56 Å². The Labute approximate surface area is 239 Å². The van der Waals surface area contributed by atoms with Crippen molar-refractivity contribution < 1.29 is 29.3 Å². The second-order valence-electron chi connectivity index (χ2n) is 8.27. The Morgan fingerprint density at radius 1 is 1.07 bits per heavy atom. The van der Waals surface area contributed by atoms with E-state index in [0.29, 0.717) is 46.0 Å². The minimum absolute atomic E-state index is 0.0570. The third-order valence-electron chi connectivity index (χ3n) is 5.71. The molecule has 2 aromatic heterocycles. The van der Waals surface area contributed by atoms with E-state index in [2.05, 4.69) is 20.7 Å². The fraction of sp³-hybridized carbons (Fsp3) is 0.143. The van der Waals surface area contributed by atoms with Crippen molar-refractivity contribution in [1.82, 2.24) is 14.8 Å². The predicted octanol–water partition coefficient (Wildman–Crippen LogP) is 4.13. The molecule has 0 fully saturated rings. The van der Waals surface area contributed by atoms with Gasteiger partial charge in [-0.3, -0.25) is 14.6 Å². The highest BCUT2D eigenvalue weighted by molar-refractivity contribution is 6.33. The summed E-state index contributed by atoms with van der Waals surface area (Å²) >= 11 is 5.64. The lowest BCUT2D eigenvalue weighted by Gasteiger charge is -2.11. The zero-order valence-corrected chi connectivity index (χ0v) is 23.0. The maximum absolute atomic E-state index is 12.3. The predicted molar refractivity (Wildman–Crippen MR) is 153 cm³/mol. The first-order valence-electron chi connectivity index (χ1n) is 12.0. The number of hydrogen-bond acceptors (Lipinski definition) is 9. The number of ether oxygens (including phenoxy) is 1. The number of benzene rings is 2. The first-order chi connectivity index (χ1) is 19.6. The maximum Gasteiger partial charge on any atom is 0.337 e. The van der Waals surface area contributed by atoms with E-state index in [0.717, 1.165) is 0 Å². The molecule has 4 aromatic rings. The van der Waals surface area contributed by atoms with Crippen molar-refractivity contribution in [2.45, 2.75) is 13.5 Å². The second kappa shape index (κ2) is 13.7. The molecule has 13 heteroatoms. The van der Waals surface area contributed by atoms with Crippen LogP contribution in [0.2, 0.25) is 5.02 Å². The minimum atomic E-state index is -1.18. The summed E-state index contributed by atoms with van der Waals surface area (Å²) in [4.78, 5) is 50.3. The van der Waals surface area contributed by atoms with Crippen LogP contribution in [0.1, 0.15) is 27.6 Å². The number of carbonyl (C=O) groups excluding carboxylic acids is 2. The van der Waals surface area contributed by atoms with E-state index in [1.807, 2.05) is 0 Å². The van der Waals surface area contributed by atoms with Gasteiger partial charge in [-0.2, -0.15) is 5.10 Å². The molecule has 4 rings (SSSR count). The highest BCUT2D eigenvalue weighted by atomic mass is 35.5. The number of carbonyl (C=O) groups is 3. The number of aromatic nitrogens is 3. The molecule has 0 saturated carbocycles. The number of pyridine rings is 1. The number of amides is 1. The molecule has 0 unspecified atom stereocenters. The summed E-state index contributed by atoms with van der Waals surface area (Å²) in [5, 5.41) is 28.4. The molecule has 4 N–H and O–H groups in total. The van der Waals surface area contributed by atoms with Crippen molar-refractivity contribution in [3.8, 4) is 28.1 Å². The molecule has 0 spiro atoms. The highest BCUT2D eigenvalue weighted by Gasteiger charge is 2.15. The number of hydrogen-bond donors (Lipinski definition) is 4. The zero-order chi connectivity index (χ0) is 30.1. The van der Waals surface area contributed by atoms with Crippen LogP contribution in [0.15, 0.2) is 65.7 Å². The fourth-order valence-electron chi connectivity index (χ4n) is 3.75. The normalized spacial score (nSPS) is 10.1. The molecule has 2 aromatic carbocycles. The Morgan fingerprint density at radius 3 is 2.37 bits per heavy atom. The van der Waals surface area contributed by atoms with Crippen molar-refractivity contribution in [3.63, 3.8) is 0 Å². The summed E-state index contributed by atoms with van der Waals surface area (Å²) in [6.07, 6.45) is 3.22. The van der Waals surface area contributed by atoms with Crippen LogP contribution < -0.4 is 16.2 Å². The van der Waals surface area contributed by atoms with Crippen molar-refractivity contribution in [2.75, 3.05) is 24.8 Å². The van der Waals surface area contributed by atoms with Crippen LogP contribution in [0, 0.1) is 0 Å². The molecule has 0 radical (unpaired) electrons. The molecular formula is C28H26ClN5O7. The summed E-state index contributed by atoms with van der Waals surface area (Å²) in [5.74, 6) is -1.76. The van der Waals surface area contributed by atoms with Crippen LogP contribution in [0.5, 0.6) is 5.75 Å². The first kappa shape index (κ1) is 30.3. The molecule has 12 nitrogen and oxygen atoms in total. The van der Waals surface area contributed by atoms with Gasteiger partial charge in [-0.1, -0.05) is 29.8 Å². The summed E-state index contributed by atoms with van der Waals surface area (Å²) in [7, 11) is 2.90. The lowest BCUT2D eigenvalue weighted by atomic mass is 9.97. The third kappa shape index (κ3) is 7.25. The van der Waals surface area contributed by atoms with Crippen LogP contribution in [0.4, 0.5) is 11.4 Å². The Morgan fingerprint density at radius 2 is 1.78 bits per heavy atom. The maximum atomic E-state index is 12.3. The van der Waals surface area contributed by atoms with Crippen LogP contribution in [-0.2, 0) is 16.1 Å². The van der Waals surface area contributed by atoms with Crippen molar-refractivity contribution in [1.29, 1.82) is 0 Å². The van der Waals surface area contributed by atoms with E-state index >= 15 is 0 Å². The Balaban J connectivity index is 0.000000389. The second-order valence-corrected chi connectivity index (χ2v) is 8.68. The number of nitrogens with one attached hydrogen (secondary N) is 2. The van der Waals surface area contributed by atoms with E-state index in [9.17, 15) is 24.3 Å². The van der Waals surface area contributed by atoms with Crippen LogP contribution in [-0.4, -0.2) is 57.5 Å². The van der Waals surface area contributed by atoms with Crippen LogP contribution in [0.3, 0.4) is 0 Å². The standard InChI is InChI=1S/C22H19N3O6.C6H7ClN2O/c1-3-25-20(27)19(23-12-26)11-18(24-25)14-6-4-5-13(7-14)15-8-16(21(28)29)10-17(9-15)22(30)31-2;1-8-6-4(7)2-9-3-5(6)10/h4-12H,3H2,1-2H3,(H,23,26)(H,28,29);2-3,10H,1H3,(H,8,9).